The molecule has 30 heavy (non-hydrogen) atoms. The molecule has 3 aliphatic rings. The highest BCUT2D eigenvalue weighted by molar-refractivity contribution is 5.94. The number of hydrogen-bond donors (Lipinski definition) is 2. The van der Waals surface area contributed by atoms with Gasteiger partial charge in [0, 0.05) is 6.61 Å². The number of halogens is 2. The van der Waals surface area contributed by atoms with E-state index in [0.29, 0.717) is 37.7 Å². The van der Waals surface area contributed by atoms with Gasteiger partial charge in [0.25, 0.3) is 11.8 Å². The SMILES string of the molecule is NC(=O)CC1(NC(=O)c2ccc(N3CC(F)(F)C3)c(OCC3CC3)n2)CCCOC1. The van der Waals surface area contributed by atoms with Crippen LogP contribution < -0.4 is 20.7 Å². The summed E-state index contributed by atoms with van der Waals surface area (Å²) in [6.07, 6.45) is 3.34. The Bertz CT molecular complexity index is 817. The summed E-state index contributed by atoms with van der Waals surface area (Å²) in [5.41, 5.74) is 5.03. The third kappa shape index (κ3) is 4.80. The van der Waals surface area contributed by atoms with E-state index in [4.69, 9.17) is 15.2 Å². The number of aromatic nitrogens is 1. The molecule has 1 aromatic heterocycles. The van der Waals surface area contributed by atoms with Gasteiger partial charge in [-0.15, -0.1) is 0 Å². The van der Waals surface area contributed by atoms with Crippen molar-refractivity contribution in [3.8, 4) is 5.88 Å². The van der Waals surface area contributed by atoms with E-state index in [9.17, 15) is 18.4 Å². The van der Waals surface area contributed by atoms with Crippen molar-refractivity contribution in [3.63, 3.8) is 0 Å². The summed E-state index contributed by atoms with van der Waals surface area (Å²) in [7, 11) is 0. The van der Waals surface area contributed by atoms with Crippen molar-refractivity contribution in [2.24, 2.45) is 11.7 Å². The number of carbonyl (C=O) groups is 2. The first-order valence-corrected chi connectivity index (χ1v) is 10.2. The Morgan fingerprint density at radius 1 is 1.33 bits per heavy atom. The maximum Gasteiger partial charge on any atom is 0.282 e. The lowest BCUT2D eigenvalue weighted by atomic mass is 9.88. The molecule has 2 aliphatic heterocycles. The lowest BCUT2D eigenvalue weighted by Gasteiger charge is -2.40. The largest absolute Gasteiger partial charge is 0.476 e. The van der Waals surface area contributed by atoms with E-state index < -0.39 is 36.4 Å². The van der Waals surface area contributed by atoms with Crippen LogP contribution in [0.15, 0.2) is 12.1 Å². The molecule has 8 nitrogen and oxygen atoms in total. The number of nitrogens with one attached hydrogen (secondary N) is 1. The number of hydrogen-bond acceptors (Lipinski definition) is 6. The highest BCUT2D eigenvalue weighted by atomic mass is 19.3. The van der Waals surface area contributed by atoms with Gasteiger partial charge in [-0.05, 0) is 43.7 Å². The zero-order chi connectivity index (χ0) is 21.4. The minimum Gasteiger partial charge on any atom is -0.476 e. The Labute approximate surface area is 173 Å². The quantitative estimate of drug-likeness (QED) is 0.655. The van der Waals surface area contributed by atoms with Crippen molar-refractivity contribution in [2.75, 3.05) is 37.8 Å². The molecule has 4 rings (SSSR count). The fourth-order valence-electron chi connectivity index (χ4n) is 3.84. The molecule has 0 bridgehead atoms. The number of alkyl halides is 2. The number of primary amides is 1. The molecule has 164 valence electrons. The van der Waals surface area contributed by atoms with Crippen LogP contribution >= 0.6 is 0 Å². The predicted octanol–water partition coefficient (Wildman–Crippen LogP) is 1.48. The topological polar surface area (TPSA) is 107 Å². The molecular weight excluding hydrogens is 398 g/mol. The molecule has 3 heterocycles. The van der Waals surface area contributed by atoms with Gasteiger partial charge in [0.15, 0.2) is 0 Å². The normalized spacial score (nSPS) is 25.3. The first-order valence-electron chi connectivity index (χ1n) is 10.2. The predicted molar refractivity (Wildman–Crippen MR) is 104 cm³/mol. The number of ether oxygens (including phenoxy) is 2. The monoisotopic (exact) mass is 424 g/mol. The molecule has 1 aliphatic carbocycles. The Morgan fingerprint density at radius 3 is 2.70 bits per heavy atom. The molecule has 1 saturated carbocycles. The molecule has 3 N–H and O–H groups in total. The Morgan fingerprint density at radius 2 is 2.10 bits per heavy atom. The van der Waals surface area contributed by atoms with Crippen molar-refractivity contribution in [3.05, 3.63) is 17.8 Å². The van der Waals surface area contributed by atoms with Gasteiger partial charge in [-0.1, -0.05) is 0 Å². The van der Waals surface area contributed by atoms with Gasteiger partial charge in [0.05, 0.1) is 38.3 Å². The van der Waals surface area contributed by atoms with Crippen molar-refractivity contribution >= 4 is 17.5 Å². The Kier molecular flexibility index (Phi) is 5.52. The minimum absolute atomic E-state index is 0.0370. The van der Waals surface area contributed by atoms with E-state index in [1.807, 2.05) is 0 Å². The number of carbonyl (C=O) groups excluding carboxylic acids is 2. The molecule has 2 amide bonds. The summed E-state index contributed by atoms with van der Waals surface area (Å²) >= 11 is 0. The minimum atomic E-state index is -2.73. The molecule has 0 aromatic carbocycles. The second-order valence-electron chi connectivity index (χ2n) is 8.52. The number of nitrogens with zero attached hydrogens (tertiary/aromatic N) is 2. The molecule has 0 spiro atoms. The van der Waals surface area contributed by atoms with Gasteiger partial charge in [0.1, 0.15) is 11.4 Å². The molecule has 2 saturated heterocycles. The van der Waals surface area contributed by atoms with E-state index in [0.717, 1.165) is 12.8 Å². The van der Waals surface area contributed by atoms with Gasteiger partial charge >= 0.3 is 0 Å². The summed E-state index contributed by atoms with van der Waals surface area (Å²) < 4.78 is 37.9. The highest BCUT2D eigenvalue weighted by Gasteiger charge is 2.45. The number of pyridine rings is 1. The van der Waals surface area contributed by atoms with Crippen LogP contribution in [-0.4, -0.2) is 61.2 Å². The maximum atomic E-state index is 13.3. The van der Waals surface area contributed by atoms with Crippen LogP contribution in [0, 0.1) is 5.92 Å². The van der Waals surface area contributed by atoms with E-state index in [1.54, 1.807) is 6.07 Å². The first kappa shape index (κ1) is 20.8. The summed E-state index contributed by atoms with van der Waals surface area (Å²) in [6.45, 7) is 0.378. The number of rotatable bonds is 8. The van der Waals surface area contributed by atoms with Crippen LogP contribution in [0.5, 0.6) is 5.88 Å². The second-order valence-corrected chi connectivity index (χ2v) is 8.52. The number of anilines is 1. The van der Waals surface area contributed by atoms with Crippen molar-refractivity contribution in [1.82, 2.24) is 10.3 Å². The van der Waals surface area contributed by atoms with Gasteiger partial charge in [-0.3, -0.25) is 9.59 Å². The number of nitrogens with two attached hydrogens (primary N) is 1. The lowest BCUT2D eigenvalue weighted by molar-refractivity contribution is -0.120. The number of amides is 2. The van der Waals surface area contributed by atoms with Gasteiger partial charge in [-0.25, -0.2) is 13.8 Å². The smallest absolute Gasteiger partial charge is 0.282 e. The standard InChI is InChI=1S/C20H26F2N4O4/c21-20(22)10-26(11-20)15-5-4-14(24-18(15)30-9-13-2-3-13)17(28)25-19(8-16(23)27)6-1-7-29-12-19/h4-5,13H,1-3,6-12H2,(H2,23,27)(H,25,28). The van der Waals surface area contributed by atoms with Gasteiger partial charge in [-0.2, -0.15) is 0 Å². The summed E-state index contributed by atoms with van der Waals surface area (Å²) in [5.74, 6) is -3.14. The third-order valence-electron chi connectivity index (χ3n) is 5.62. The van der Waals surface area contributed by atoms with Crippen LogP contribution in [0.4, 0.5) is 14.5 Å². The first-order chi connectivity index (χ1) is 14.3. The average molecular weight is 424 g/mol. The maximum absolute atomic E-state index is 13.3. The molecule has 0 radical (unpaired) electrons. The summed E-state index contributed by atoms with van der Waals surface area (Å²) in [4.78, 5) is 30.2. The van der Waals surface area contributed by atoms with Crippen LogP contribution in [0.2, 0.25) is 0 Å². The van der Waals surface area contributed by atoms with E-state index in [2.05, 4.69) is 10.3 Å². The fourth-order valence-corrected chi connectivity index (χ4v) is 3.84. The molecular formula is C20H26F2N4O4. The average Bonchev–Trinajstić information content (AvgIpc) is 3.48. The van der Waals surface area contributed by atoms with Crippen LogP contribution in [0.25, 0.3) is 0 Å². The van der Waals surface area contributed by atoms with Crippen molar-refractivity contribution in [2.45, 2.75) is 43.6 Å². The molecule has 3 fully saturated rings. The zero-order valence-electron chi connectivity index (χ0n) is 16.7. The van der Waals surface area contributed by atoms with Crippen LogP contribution in [0.1, 0.15) is 42.6 Å². The third-order valence-corrected chi connectivity index (χ3v) is 5.62. The van der Waals surface area contributed by atoms with Crippen molar-refractivity contribution in [1.29, 1.82) is 0 Å². The van der Waals surface area contributed by atoms with Crippen molar-refractivity contribution < 1.29 is 27.8 Å². The molecule has 1 aromatic rings. The fraction of sp³-hybridized carbons (Fsp3) is 0.650. The zero-order valence-corrected chi connectivity index (χ0v) is 16.7. The summed E-state index contributed by atoms with van der Waals surface area (Å²) in [5, 5.41) is 2.86. The highest BCUT2D eigenvalue weighted by Crippen LogP contribution is 2.38. The van der Waals surface area contributed by atoms with E-state index >= 15 is 0 Å². The van der Waals surface area contributed by atoms with Gasteiger partial charge < -0.3 is 25.4 Å². The van der Waals surface area contributed by atoms with Gasteiger partial charge in [0.2, 0.25) is 11.8 Å². The second kappa shape index (κ2) is 7.98. The summed E-state index contributed by atoms with van der Waals surface area (Å²) in [6, 6.07) is 3.06. The van der Waals surface area contributed by atoms with E-state index in [-0.39, 0.29) is 24.6 Å². The molecule has 1 atom stereocenters. The molecule has 10 heteroatoms. The Hall–Kier alpha value is -2.49. The van der Waals surface area contributed by atoms with Crippen LogP contribution in [0.3, 0.4) is 0 Å². The van der Waals surface area contributed by atoms with Crippen LogP contribution in [-0.2, 0) is 9.53 Å². The lowest BCUT2D eigenvalue weighted by Crippen LogP contribution is -2.56. The van der Waals surface area contributed by atoms with E-state index in [1.165, 1.54) is 11.0 Å². The molecule has 1 unspecified atom stereocenters. The Balaban J connectivity index is 1.52.